The van der Waals surface area contributed by atoms with Crippen molar-refractivity contribution in [2.45, 2.75) is 19.9 Å². The van der Waals surface area contributed by atoms with Crippen molar-refractivity contribution in [2.24, 2.45) is 0 Å². The molecule has 3 aromatic rings. The monoisotopic (exact) mass is 275 g/mol. The highest BCUT2D eigenvalue weighted by molar-refractivity contribution is 6.03. The van der Waals surface area contributed by atoms with Crippen LogP contribution in [0.1, 0.15) is 12.1 Å². The average molecular weight is 275 g/mol. The molecule has 0 saturated heterocycles. The van der Waals surface area contributed by atoms with Crippen LogP contribution >= 0.6 is 0 Å². The van der Waals surface area contributed by atoms with Crippen LogP contribution in [0.15, 0.2) is 23.0 Å². The maximum atomic E-state index is 13.5. The Bertz CT molecular complexity index is 851. The summed E-state index contributed by atoms with van der Waals surface area (Å²) in [7, 11) is 0. The first-order valence-corrected chi connectivity index (χ1v) is 6.41. The fourth-order valence-electron chi connectivity index (χ4n) is 2.51. The first-order valence-electron chi connectivity index (χ1n) is 6.41. The third-order valence-electron chi connectivity index (χ3n) is 3.45. The summed E-state index contributed by atoms with van der Waals surface area (Å²) >= 11 is 0. The molecule has 2 N–H and O–H groups in total. The minimum atomic E-state index is -0.369. The topological polar surface area (TPSA) is 70.9 Å². The second kappa shape index (κ2) is 4.72. The van der Waals surface area contributed by atoms with Gasteiger partial charge >= 0.3 is 0 Å². The number of H-pyrrole nitrogens is 1. The molecule has 2 aromatic heterocycles. The van der Waals surface area contributed by atoms with E-state index in [2.05, 4.69) is 10.2 Å². The lowest BCUT2D eigenvalue weighted by atomic mass is 10.1. The number of pyridine rings is 1. The highest BCUT2D eigenvalue weighted by atomic mass is 19.1. The van der Waals surface area contributed by atoms with Crippen molar-refractivity contribution in [3.63, 3.8) is 0 Å². The first-order chi connectivity index (χ1) is 9.63. The van der Waals surface area contributed by atoms with Crippen LogP contribution in [-0.4, -0.2) is 26.5 Å². The zero-order chi connectivity index (χ0) is 14.3. The molecule has 0 bridgehead atoms. The molecule has 3 rings (SSSR count). The molecule has 0 unspecified atom stereocenters. The number of aliphatic hydroxyl groups is 1. The molecule has 0 radical (unpaired) electrons. The second-order valence-corrected chi connectivity index (χ2v) is 4.77. The van der Waals surface area contributed by atoms with Crippen LogP contribution in [0.25, 0.3) is 21.8 Å². The predicted molar refractivity (Wildman–Crippen MR) is 74.3 cm³/mol. The molecule has 0 saturated carbocycles. The number of hydrogen-bond acceptors (Lipinski definition) is 3. The number of aliphatic hydroxyl groups excluding tert-OH is 1. The lowest BCUT2D eigenvalue weighted by Crippen LogP contribution is -2.21. The summed E-state index contributed by atoms with van der Waals surface area (Å²) in [6.07, 6.45) is 0.467. The van der Waals surface area contributed by atoms with Crippen molar-refractivity contribution in [1.82, 2.24) is 14.8 Å². The molecule has 0 fully saturated rings. The number of rotatable bonds is 3. The normalized spacial score (nSPS) is 11.6. The van der Waals surface area contributed by atoms with E-state index in [0.717, 1.165) is 0 Å². The molecule has 5 nitrogen and oxygen atoms in total. The SMILES string of the molecule is Cc1[nH]nc2c1c(=O)n(CCCO)c1ccc(F)cc21. The minimum absolute atomic E-state index is 0.00245. The van der Waals surface area contributed by atoms with Crippen LogP contribution < -0.4 is 5.56 Å². The van der Waals surface area contributed by atoms with Crippen LogP contribution in [0, 0.1) is 12.7 Å². The number of nitrogens with one attached hydrogen (secondary N) is 1. The van der Waals surface area contributed by atoms with Gasteiger partial charge in [-0.05, 0) is 31.5 Å². The Labute approximate surface area is 113 Å². The zero-order valence-corrected chi connectivity index (χ0v) is 11.0. The van der Waals surface area contributed by atoms with E-state index in [-0.39, 0.29) is 18.0 Å². The Morgan fingerprint density at radius 2 is 2.25 bits per heavy atom. The van der Waals surface area contributed by atoms with Gasteiger partial charge in [0.05, 0.1) is 10.9 Å². The smallest absolute Gasteiger partial charge is 0.262 e. The number of fused-ring (bicyclic) bond motifs is 3. The fourth-order valence-corrected chi connectivity index (χ4v) is 2.51. The van der Waals surface area contributed by atoms with Crippen molar-refractivity contribution in [2.75, 3.05) is 6.61 Å². The summed E-state index contributed by atoms with van der Waals surface area (Å²) in [5, 5.41) is 16.9. The van der Waals surface area contributed by atoms with Crippen LogP contribution in [0.4, 0.5) is 4.39 Å². The number of aromatic amines is 1. The summed E-state index contributed by atoms with van der Waals surface area (Å²) in [6.45, 7) is 2.15. The molecule has 20 heavy (non-hydrogen) atoms. The summed E-state index contributed by atoms with van der Waals surface area (Å²) < 4.78 is 15.1. The largest absolute Gasteiger partial charge is 0.396 e. The van der Waals surface area contributed by atoms with Gasteiger partial charge in [0.25, 0.3) is 5.56 Å². The van der Waals surface area contributed by atoms with Gasteiger partial charge in [-0.15, -0.1) is 0 Å². The third kappa shape index (κ3) is 1.80. The number of aromatic nitrogens is 3. The quantitative estimate of drug-likeness (QED) is 0.764. The minimum Gasteiger partial charge on any atom is -0.396 e. The molecule has 0 aliphatic rings. The molecule has 1 aromatic carbocycles. The molecular weight excluding hydrogens is 261 g/mol. The van der Waals surface area contributed by atoms with Crippen LogP contribution in [0.2, 0.25) is 0 Å². The van der Waals surface area contributed by atoms with Crippen LogP contribution in [-0.2, 0) is 6.54 Å². The van der Waals surface area contributed by atoms with Crippen molar-refractivity contribution >= 4 is 21.8 Å². The predicted octanol–water partition coefficient (Wildman–Crippen LogP) is 1.71. The standard InChI is InChI=1S/C14H14FN3O2/c1-8-12-13(17-16-8)10-7-9(15)3-4-11(10)18(14(12)20)5-2-6-19/h3-4,7,19H,2,5-6H2,1H3,(H,16,17). The van der Waals surface area contributed by atoms with E-state index in [1.54, 1.807) is 17.6 Å². The number of nitrogens with zero attached hydrogens (tertiary/aromatic N) is 2. The Morgan fingerprint density at radius 3 is 3.00 bits per heavy atom. The molecule has 0 atom stereocenters. The van der Waals surface area contributed by atoms with E-state index < -0.39 is 0 Å². The van der Waals surface area contributed by atoms with E-state index in [1.807, 2.05) is 0 Å². The van der Waals surface area contributed by atoms with E-state index in [1.165, 1.54) is 12.1 Å². The van der Waals surface area contributed by atoms with Gasteiger partial charge in [0.15, 0.2) is 0 Å². The number of benzene rings is 1. The Kier molecular flexibility index (Phi) is 3.02. The Hall–Kier alpha value is -2.21. The molecule has 104 valence electrons. The zero-order valence-electron chi connectivity index (χ0n) is 11.0. The lowest BCUT2D eigenvalue weighted by molar-refractivity contribution is 0.280. The van der Waals surface area contributed by atoms with Gasteiger partial charge in [0, 0.05) is 24.2 Å². The third-order valence-corrected chi connectivity index (χ3v) is 3.45. The van der Waals surface area contributed by atoms with Gasteiger partial charge in [-0.25, -0.2) is 4.39 Å². The van der Waals surface area contributed by atoms with E-state index in [0.29, 0.717) is 40.5 Å². The maximum Gasteiger partial charge on any atom is 0.262 e. The molecule has 0 amide bonds. The second-order valence-electron chi connectivity index (χ2n) is 4.77. The lowest BCUT2D eigenvalue weighted by Gasteiger charge is -2.10. The van der Waals surface area contributed by atoms with E-state index >= 15 is 0 Å². The Balaban J connectivity index is 2.47. The van der Waals surface area contributed by atoms with Gasteiger partial charge in [-0.3, -0.25) is 9.89 Å². The van der Waals surface area contributed by atoms with Gasteiger partial charge in [-0.1, -0.05) is 0 Å². The number of hydrogen-bond donors (Lipinski definition) is 2. The maximum absolute atomic E-state index is 13.5. The first kappa shape index (κ1) is 12.8. The summed E-state index contributed by atoms with van der Waals surface area (Å²) in [5.41, 5.74) is 1.61. The summed E-state index contributed by atoms with van der Waals surface area (Å²) in [6, 6.07) is 4.28. The molecule has 2 heterocycles. The number of halogens is 1. The summed E-state index contributed by atoms with van der Waals surface area (Å²) in [4.78, 5) is 12.5. The van der Waals surface area contributed by atoms with Crippen LogP contribution in [0.5, 0.6) is 0 Å². The Morgan fingerprint density at radius 1 is 1.45 bits per heavy atom. The van der Waals surface area contributed by atoms with Crippen molar-refractivity contribution in [3.8, 4) is 0 Å². The van der Waals surface area contributed by atoms with Crippen molar-refractivity contribution in [3.05, 3.63) is 40.1 Å². The highest BCUT2D eigenvalue weighted by Crippen LogP contribution is 2.23. The fraction of sp³-hybridized carbons (Fsp3) is 0.286. The number of aryl methyl sites for hydroxylation is 2. The van der Waals surface area contributed by atoms with Crippen molar-refractivity contribution in [1.29, 1.82) is 0 Å². The average Bonchev–Trinajstić information content (AvgIpc) is 2.82. The summed E-state index contributed by atoms with van der Waals surface area (Å²) in [5.74, 6) is -0.369. The van der Waals surface area contributed by atoms with Crippen LogP contribution in [0.3, 0.4) is 0 Å². The molecular formula is C14H14FN3O2. The van der Waals surface area contributed by atoms with Gasteiger partial charge in [0.2, 0.25) is 0 Å². The molecule has 0 aliphatic carbocycles. The molecule has 0 aliphatic heterocycles. The van der Waals surface area contributed by atoms with Gasteiger partial charge in [-0.2, -0.15) is 5.10 Å². The molecule has 0 spiro atoms. The van der Waals surface area contributed by atoms with Gasteiger partial charge in [0.1, 0.15) is 11.3 Å². The van der Waals surface area contributed by atoms with E-state index in [4.69, 9.17) is 5.11 Å². The highest BCUT2D eigenvalue weighted by Gasteiger charge is 2.15. The molecule has 6 heteroatoms. The van der Waals surface area contributed by atoms with E-state index in [9.17, 15) is 9.18 Å². The van der Waals surface area contributed by atoms with Gasteiger partial charge < -0.3 is 9.67 Å². The van der Waals surface area contributed by atoms with Crippen molar-refractivity contribution < 1.29 is 9.50 Å².